The van der Waals surface area contributed by atoms with E-state index in [0.29, 0.717) is 22.4 Å². The summed E-state index contributed by atoms with van der Waals surface area (Å²) < 4.78 is 42.4. The van der Waals surface area contributed by atoms with Gasteiger partial charge >= 0.3 is 0 Å². The van der Waals surface area contributed by atoms with Gasteiger partial charge in [0, 0.05) is 17.7 Å². The molecule has 0 atom stereocenters. The van der Waals surface area contributed by atoms with Gasteiger partial charge in [0.1, 0.15) is 5.82 Å². The lowest BCUT2D eigenvalue weighted by molar-refractivity contribution is -0.112. The molecule has 0 saturated heterocycles. The lowest BCUT2D eigenvalue weighted by atomic mass is 9.95. The van der Waals surface area contributed by atoms with Crippen LogP contribution in [0.4, 0.5) is 15.8 Å². The van der Waals surface area contributed by atoms with Crippen molar-refractivity contribution in [3.63, 3.8) is 0 Å². The van der Waals surface area contributed by atoms with E-state index in [-0.39, 0.29) is 12.2 Å². The molecule has 1 aliphatic rings. The first-order valence-electron chi connectivity index (χ1n) is 9.43. The maximum absolute atomic E-state index is 14.1. The average molecular weight is 422 g/mol. The molecule has 1 N–H and O–H groups in total. The normalized spacial score (nSPS) is 14.9. The molecule has 5 nitrogen and oxygen atoms in total. The number of sulfonamides is 1. The Bertz CT molecular complexity index is 1250. The zero-order valence-corrected chi connectivity index (χ0v) is 17.0. The summed E-state index contributed by atoms with van der Waals surface area (Å²) in [6, 6.07) is 21.5. The minimum Gasteiger partial charge on any atom is -0.319 e. The summed E-state index contributed by atoms with van der Waals surface area (Å²) in [5.41, 5.74) is 1.92. The number of carbonyl (C=O) groups is 1. The van der Waals surface area contributed by atoms with Crippen molar-refractivity contribution in [3.8, 4) is 0 Å². The lowest BCUT2D eigenvalue weighted by Crippen LogP contribution is -2.39. The molecule has 30 heavy (non-hydrogen) atoms. The largest absolute Gasteiger partial charge is 0.319 e. The van der Waals surface area contributed by atoms with Gasteiger partial charge in [-0.15, -0.1) is 0 Å². The molecule has 4 rings (SSSR count). The number of anilines is 2. The van der Waals surface area contributed by atoms with Crippen LogP contribution < -0.4 is 9.62 Å². The highest BCUT2D eigenvalue weighted by atomic mass is 32.2. The number of nitrogens with one attached hydrogen (secondary N) is 1. The molecule has 0 aromatic heterocycles. The van der Waals surface area contributed by atoms with Gasteiger partial charge < -0.3 is 5.32 Å². The van der Waals surface area contributed by atoms with E-state index in [2.05, 4.69) is 5.32 Å². The van der Waals surface area contributed by atoms with Gasteiger partial charge in [-0.2, -0.15) is 0 Å². The molecule has 3 aromatic carbocycles. The second kappa shape index (κ2) is 7.76. The van der Waals surface area contributed by atoms with E-state index >= 15 is 0 Å². The van der Waals surface area contributed by atoms with Crippen molar-refractivity contribution in [2.24, 2.45) is 0 Å². The Hall–Kier alpha value is -3.45. The highest BCUT2D eigenvalue weighted by Gasteiger charge is 2.40. The van der Waals surface area contributed by atoms with Crippen molar-refractivity contribution in [2.75, 3.05) is 16.2 Å². The highest BCUT2D eigenvalue weighted by Crippen LogP contribution is 2.42. The molecule has 0 bridgehead atoms. The van der Waals surface area contributed by atoms with Crippen molar-refractivity contribution in [3.05, 3.63) is 101 Å². The van der Waals surface area contributed by atoms with Crippen LogP contribution in [0.5, 0.6) is 0 Å². The van der Waals surface area contributed by atoms with E-state index in [9.17, 15) is 17.6 Å². The van der Waals surface area contributed by atoms with Gasteiger partial charge in [0.15, 0.2) is 4.91 Å². The summed E-state index contributed by atoms with van der Waals surface area (Å²) in [7, 11) is -4.18. The first kappa shape index (κ1) is 19.8. The molecule has 0 aliphatic carbocycles. The summed E-state index contributed by atoms with van der Waals surface area (Å²) in [5.74, 6) is -1.53. The van der Waals surface area contributed by atoms with Crippen molar-refractivity contribution >= 4 is 32.9 Å². The van der Waals surface area contributed by atoms with Crippen LogP contribution in [-0.2, 0) is 14.8 Å². The Morgan fingerprint density at radius 1 is 0.933 bits per heavy atom. The predicted molar refractivity (Wildman–Crippen MR) is 116 cm³/mol. The van der Waals surface area contributed by atoms with E-state index in [1.807, 2.05) is 6.07 Å². The summed E-state index contributed by atoms with van der Waals surface area (Å²) >= 11 is 0. The number of benzene rings is 3. The van der Waals surface area contributed by atoms with Crippen LogP contribution in [0.25, 0.3) is 5.57 Å². The molecule has 1 heterocycles. The van der Waals surface area contributed by atoms with Crippen LogP contribution in [0.15, 0.2) is 83.8 Å². The van der Waals surface area contributed by atoms with E-state index < -0.39 is 26.7 Å². The first-order valence-corrected chi connectivity index (χ1v) is 10.9. The maximum Gasteiger partial charge on any atom is 0.270 e. The molecular weight excluding hydrogens is 403 g/mol. The molecule has 1 amide bonds. The van der Waals surface area contributed by atoms with E-state index in [1.54, 1.807) is 61.5 Å². The van der Waals surface area contributed by atoms with Crippen LogP contribution in [0.2, 0.25) is 0 Å². The van der Waals surface area contributed by atoms with Crippen molar-refractivity contribution in [1.29, 1.82) is 0 Å². The lowest BCUT2D eigenvalue weighted by Gasteiger charge is -2.32. The number of carbonyl (C=O) groups excluding carboxylic acids is 1. The Morgan fingerprint density at radius 3 is 2.27 bits per heavy atom. The average Bonchev–Trinajstić information content (AvgIpc) is 2.74. The number of para-hydroxylation sites is 2. The quantitative estimate of drug-likeness (QED) is 0.678. The maximum atomic E-state index is 14.1. The molecule has 0 saturated carbocycles. The smallest absolute Gasteiger partial charge is 0.270 e. The van der Waals surface area contributed by atoms with Crippen LogP contribution in [-0.4, -0.2) is 20.9 Å². The summed E-state index contributed by atoms with van der Waals surface area (Å²) in [6.45, 7) is 1.85. The van der Waals surface area contributed by atoms with Gasteiger partial charge in [-0.1, -0.05) is 60.7 Å². The third-order valence-corrected chi connectivity index (χ3v) is 6.84. The molecule has 0 spiro atoms. The zero-order valence-electron chi connectivity index (χ0n) is 16.2. The molecular formula is C23H19FN2O3S. The van der Waals surface area contributed by atoms with Crippen molar-refractivity contribution in [2.45, 2.75) is 6.92 Å². The Kier molecular flexibility index (Phi) is 5.13. The SMILES string of the molecule is CCN1c2ccccc2C(c2ccccc2)=C(C(=O)Nc2ccccc2F)S1(=O)=O. The standard InChI is InChI=1S/C23H19FN2O3S/c1-2-26-20-15-9-6-12-17(20)21(16-10-4-3-5-11-16)22(30(26,28)29)23(27)25-19-14-8-7-13-18(19)24/h3-15H,2H2,1H3,(H,25,27). The van der Waals surface area contributed by atoms with Gasteiger partial charge in [0.25, 0.3) is 15.9 Å². The van der Waals surface area contributed by atoms with Gasteiger partial charge in [0.05, 0.1) is 11.4 Å². The number of rotatable bonds is 4. The van der Waals surface area contributed by atoms with Crippen molar-refractivity contribution < 1.29 is 17.6 Å². The highest BCUT2D eigenvalue weighted by molar-refractivity contribution is 7.97. The fourth-order valence-corrected chi connectivity index (χ4v) is 5.35. The number of halogens is 1. The number of nitrogens with zero attached hydrogens (tertiary/aromatic N) is 1. The number of hydrogen-bond acceptors (Lipinski definition) is 3. The zero-order chi connectivity index (χ0) is 21.3. The molecule has 1 aliphatic heterocycles. The Labute approximate surface area is 174 Å². The van der Waals surface area contributed by atoms with Gasteiger partial charge in [-0.25, -0.2) is 12.8 Å². The minimum absolute atomic E-state index is 0.0838. The molecule has 0 unspecified atom stereocenters. The molecule has 3 aromatic rings. The predicted octanol–water partition coefficient (Wildman–Crippen LogP) is 4.39. The van der Waals surface area contributed by atoms with Gasteiger partial charge in [0.2, 0.25) is 0 Å². The second-order valence-electron chi connectivity index (χ2n) is 6.69. The van der Waals surface area contributed by atoms with Gasteiger partial charge in [-0.05, 0) is 30.7 Å². The second-order valence-corrected chi connectivity index (χ2v) is 8.49. The monoisotopic (exact) mass is 422 g/mol. The molecule has 0 fully saturated rings. The Morgan fingerprint density at radius 2 is 1.57 bits per heavy atom. The van der Waals surface area contributed by atoms with E-state index in [0.717, 1.165) is 0 Å². The minimum atomic E-state index is -4.18. The fraction of sp³-hybridized carbons (Fsp3) is 0.0870. The van der Waals surface area contributed by atoms with Gasteiger partial charge in [-0.3, -0.25) is 9.10 Å². The summed E-state index contributed by atoms with van der Waals surface area (Å²) in [6.07, 6.45) is 0. The van der Waals surface area contributed by atoms with Crippen LogP contribution in [0.1, 0.15) is 18.1 Å². The van der Waals surface area contributed by atoms with Crippen LogP contribution >= 0.6 is 0 Å². The third kappa shape index (κ3) is 3.27. The number of fused-ring (bicyclic) bond motifs is 1. The molecule has 7 heteroatoms. The van der Waals surface area contributed by atoms with E-state index in [4.69, 9.17) is 0 Å². The van der Waals surface area contributed by atoms with E-state index in [1.165, 1.54) is 22.5 Å². The van der Waals surface area contributed by atoms with Crippen molar-refractivity contribution in [1.82, 2.24) is 0 Å². The molecule has 0 radical (unpaired) electrons. The number of hydrogen-bond donors (Lipinski definition) is 1. The first-order chi connectivity index (χ1) is 14.4. The Balaban J connectivity index is 2.00. The summed E-state index contributed by atoms with van der Waals surface area (Å²) in [4.78, 5) is 12.8. The topological polar surface area (TPSA) is 66.5 Å². The fourth-order valence-electron chi connectivity index (χ4n) is 3.60. The molecule has 152 valence electrons. The van der Waals surface area contributed by atoms with Crippen LogP contribution in [0, 0.1) is 5.82 Å². The van der Waals surface area contributed by atoms with Crippen LogP contribution in [0.3, 0.4) is 0 Å². The summed E-state index contributed by atoms with van der Waals surface area (Å²) in [5, 5.41) is 2.43. The third-order valence-electron chi connectivity index (χ3n) is 4.90. The number of amides is 1.